The molecule has 0 aromatic rings. The predicted octanol–water partition coefficient (Wildman–Crippen LogP) is 8.38. The Morgan fingerprint density at radius 1 is 0.831 bits per heavy atom. The molecule has 0 amide bonds. The zero-order chi connectivity index (χ0) is 52.9. The number of hydrogen-bond donors (Lipinski definition) is 6. The summed E-state index contributed by atoms with van der Waals surface area (Å²) in [6, 6.07) is 0. The molecule has 1 aliphatic heterocycles. The molecule has 0 radical (unpaired) electrons. The standard InChI is InChI=1S/C58H92O13/c1-15-53(9,66)26-18-20-37(34-60)49(65)70-47-35(4)68-50(46(63)45(47)62)71-54(10,16-2)27-19-21-36(33-59)48(64)69-44-32-58(17-3)39(30-51(44,5)6)38-22-23-41-55(11)28-25-43(67-14)52(7,8)40(55)24-29-56(41,12)57(38,13)31-42(58)61/h15-16,20-22,35,39-47,50,59-63,66H,1-2,17-19,23-34H2,3-14H3/b36-21+,37-20+/t35?,39?,40?,41?,42?,43?,44?,45?,46?,47?,50?,53?,54-,55?,56?,57?,58?/m1/s1. The minimum Gasteiger partial charge on any atom is -0.458 e. The van der Waals surface area contributed by atoms with E-state index in [-0.39, 0.29) is 70.5 Å². The van der Waals surface area contributed by atoms with Gasteiger partial charge in [0.25, 0.3) is 0 Å². The van der Waals surface area contributed by atoms with Gasteiger partial charge >= 0.3 is 11.9 Å². The number of methoxy groups -OCH3 is 1. The van der Waals surface area contributed by atoms with Crippen molar-refractivity contribution in [1.82, 2.24) is 0 Å². The molecule has 1 heterocycles. The molecule has 6 rings (SSSR count). The van der Waals surface area contributed by atoms with E-state index in [9.17, 15) is 40.2 Å². The van der Waals surface area contributed by atoms with E-state index >= 15 is 0 Å². The van der Waals surface area contributed by atoms with E-state index in [1.54, 1.807) is 26.8 Å². The summed E-state index contributed by atoms with van der Waals surface area (Å²) in [5.74, 6) is -0.320. The van der Waals surface area contributed by atoms with Crippen LogP contribution in [0.2, 0.25) is 0 Å². The fourth-order valence-electron chi connectivity index (χ4n) is 15.4. The minimum absolute atomic E-state index is 0.0180. The fraction of sp³-hybridized carbons (Fsp3) is 0.793. The second-order valence-electron chi connectivity index (χ2n) is 25.1. The molecule has 1 saturated heterocycles. The number of aliphatic hydroxyl groups is 6. The Labute approximate surface area is 425 Å². The van der Waals surface area contributed by atoms with Crippen LogP contribution in [-0.2, 0) is 33.3 Å². The van der Waals surface area contributed by atoms with Gasteiger partial charge in [-0.25, -0.2) is 9.59 Å². The van der Waals surface area contributed by atoms with Gasteiger partial charge in [0.05, 0.1) is 53.9 Å². The van der Waals surface area contributed by atoms with Gasteiger partial charge in [-0.2, -0.15) is 0 Å². The molecule has 402 valence electrons. The number of allylic oxidation sites excluding steroid dienone is 4. The van der Waals surface area contributed by atoms with Crippen LogP contribution in [0.4, 0.5) is 0 Å². The van der Waals surface area contributed by atoms with Gasteiger partial charge in [-0.05, 0) is 144 Å². The maximum absolute atomic E-state index is 14.1. The van der Waals surface area contributed by atoms with Crippen molar-refractivity contribution < 1.29 is 63.9 Å². The van der Waals surface area contributed by atoms with Crippen molar-refractivity contribution in [3.8, 4) is 0 Å². The molecule has 6 N–H and O–H groups in total. The highest BCUT2D eigenvalue weighted by Gasteiger charge is 2.70. The van der Waals surface area contributed by atoms with Crippen LogP contribution in [0.3, 0.4) is 0 Å². The van der Waals surface area contributed by atoms with Gasteiger partial charge < -0.3 is 54.3 Å². The number of carbonyl (C=O) groups excluding carboxylic acids is 2. The first kappa shape index (κ1) is 57.6. The van der Waals surface area contributed by atoms with Crippen LogP contribution in [0, 0.1) is 50.2 Å². The molecule has 5 aliphatic carbocycles. The molecule has 71 heavy (non-hydrogen) atoms. The Kier molecular flexibility index (Phi) is 17.1. The first-order chi connectivity index (χ1) is 33.0. The topological polar surface area (TPSA) is 202 Å². The van der Waals surface area contributed by atoms with E-state index in [0.29, 0.717) is 24.7 Å². The van der Waals surface area contributed by atoms with E-state index in [1.807, 2.05) is 7.11 Å². The summed E-state index contributed by atoms with van der Waals surface area (Å²) in [5.41, 5.74) is -1.59. The van der Waals surface area contributed by atoms with E-state index in [2.05, 4.69) is 74.6 Å². The predicted molar refractivity (Wildman–Crippen MR) is 272 cm³/mol. The highest BCUT2D eigenvalue weighted by Crippen LogP contribution is 2.76. The summed E-state index contributed by atoms with van der Waals surface area (Å²) < 4.78 is 30.2. The lowest BCUT2D eigenvalue weighted by atomic mass is 9.33. The molecule has 0 aromatic heterocycles. The third kappa shape index (κ3) is 10.4. The van der Waals surface area contributed by atoms with E-state index in [0.717, 1.165) is 44.9 Å². The van der Waals surface area contributed by atoms with E-state index in [4.69, 9.17) is 23.7 Å². The molecule has 5 fully saturated rings. The van der Waals surface area contributed by atoms with Crippen molar-refractivity contribution >= 4 is 11.9 Å². The number of ether oxygens (including phenoxy) is 5. The van der Waals surface area contributed by atoms with Gasteiger partial charge in [-0.1, -0.05) is 91.3 Å². The van der Waals surface area contributed by atoms with Crippen molar-refractivity contribution in [3.05, 3.63) is 60.3 Å². The van der Waals surface area contributed by atoms with Crippen LogP contribution >= 0.6 is 0 Å². The third-order valence-corrected chi connectivity index (χ3v) is 20.4. The van der Waals surface area contributed by atoms with Crippen LogP contribution in [0.25, 0.3) is 0 Å². The Balaban J connectivity index is 1.11. The van der Waals surface area contributed by atoms with Crippen LogP contribution in [0.5, 0.6) is 0 Å². The summed E-state index contributed by atoms with van der Waals surface area (Å²) in [6.07, 6.45) is 10.2. The lowest BCUT2D eigenvalue weighted by Crippen LogP contribution is -2.67. The van der Waals surface area contributed by atoms with Crippen molar-refractivity contribution in [2.45, 2.75) is 220 Å². The van der Waals surface area contributed by atoms with Gasteiger partial charge in [-0.3, -0.25) is 0 Å². The number of fused-ring (bicyclic) bond motifs is 7. The lowest BCUT2D eigenvalue weighted by molar-refractivity contribution is -0.314. The Hall–Kier alpha value is -2.72. The van der Waals surface area contributed by atoms with Crippen LogP contribution in [0.15, 0.2) is 60.3 Å². The monoisotopic (exact) mass is 997 g/mol. The number of rotatable bonds is 18. The zero-order valence-corrected chi connectivity index (χ0v) is 45.3. The summed E-state index contributed by atoms with van der Waals surface area (Å²) in [6.45, 7) is 30.1. The molecule has 13 nitrogen and oxygen atoms in total. The highest BCUT2D eigenvalue weighted by atomic mass is 16.7. The summed E-state index contributed by atoms with van der Waals surface area (Å²) >= 11 is 0. The molecule has 0 bridgehead atoms. The van der Waals surface area contributed by atoms with Gasteiger partial charge in [0.1, 0.15) is 18.3 Å². The number of carbonyl (C=O) groups is 2. The van der Waals surface area contributed by atoms with Crippen LogP contribution in [0.1, 0.15) is 160 Å². The number of esters is 2. The van der Waals surface area contributed by atoms with Crippen molar-refractivity contribution in [1.29, 1.82) is 0 Å². The smallest absolute Gasteiger partial charge is 0.336 e. The second-order valence-corrected chi connectivity index (χ2v) is 25.1. The first-order valence-corrected chi connectivity index (χ1v) is 26.7. The van der Waals surface area contributed by atoms with Crippen molar-refractivity contribution in [2.75, 3.05) is 20.3 Å². The van der Waals surface area contributed by atoms with Crippen LogP contribution in [-0.4, -0.2) is 123 Å². The van der Waals surface area contributed by atoms with E-state index < -0.39 is 90.1 Å². The Bertz CT molecular complexity index is 2050. The largest absolute Gasteiger partial charge is 0.458 e. The van der Waals surface area contributed by atoms with Gasteiger partial charge in [0.15, 0.2) is 12.4 Å². The Morgan fingerprint density at radius 2 is 1.45 bits per heavy atom. The minimum atomic E-state index is -1.64. The molecule has 13 heteroatoms. The van der Waals surface area contributed by atoms with Crippen molar-refractivity contribution in [2.24, 2.45) is 50.2 Å². The lowest BCUT2D eigenvalue weighted by Gasteiger charge is -2.72. The number of aliphatic hydroxyl groups excluding tert-OH is 5. The fourth-order valence-corrected chi connectivity index (χ4v) is 15.4. The van der Waals surface area contributed by atoms with Crippen molar-refractivity contribution in [3.63, 3.8) is 0 Å². The van der Waals surface area contributed by atoms with Gasteiger partial charge in [0.2, 0.25) is 0 Å². The van der Waals surface area contributed by atoms with E-state index in [1.165, 1.54) is 23.8 Å². The molecular weight excluding hydrogens is 905 g/mol. The maximum atomic E-state index is 14.1. The summed E-state index contributed by atoms with van der Waals surface area (Å²) in [4.78, 5) is 27.1. The average Bonchev–Trinajstić information content (AvgIpc) is 3.30. The molecule has 17 atom stereocenters. The molecule has 0 aromatic carbocycles. The first-order valence-electron chi connectivity index (χ1n) is 26.7. The molecule has 6 aliphatic rings. The molecular formula is C58H92O13. The maximum Gasteiger partial charge on any atom is 0.336 e. The summed E-state index contributed by atoms with van der Waals surface area (Å²) in [7, 11) is 1.87. The van der Waals surface area contributed by atoms with Crippen LogP contribution < -0.4 is 0 Å². The second kappa shape index (κ2) is 21.1. The summed E-state index contributed by atoms with van der Waals surface area (Å²) in [5, 5.41) is 65.5. The quantitative estimate of drug-likeness (QED) is 0.0435. The van der Waals surface area contributed by atoms with Gasteiger partial charge in [0, 0.05) is 17.9 Å². The number of hydrogen-bond acceptors (Lipinski definition) is 13. The highest BCUT2D eigenvalue weighted by molar-refractivity contribution is 5.89. The molecule has 16 unspecified atom stereocenters. The normalized spacial score (nSPS) is 41.5. The third-order valence-electron chi connectivity index (χ3n) is 20.4. The zero-order valence-electron chi connectivity index (χ0n) is 45.3. The molecule has 0 spiro atoms. The average molecular weight is 997 g/mol. The Morgan fingerprint density at radius 3 is 2.03 bits per heavy atom. The van der Waals surface area contributed by atoms with Gasteiger partial charge in [-0.15, -0.1) is 13.2 Å². The SMILES string of the molecule is C=CC(C)(O)CC/C=C(\CO)C(=O)OC1C(C)OC(O[C@](C)(C=C)CC/C=C(\CO)C(=O)OC2CC3(CC)C(O)CC4(C)C(=CCC5C6(C)CCC(OC)C(C)(C)C6CCC54C)C3CC2(C)C)C(O)C1O. The molecule has 4 saturated carbocycles.